The van der Waals surface area contributed by atoms with Gasteiger partial charge >= 0.3 is 0 Å². The third kappa shape index (κ3) is 4.84. The van der Waals surface area contributed by atoms with Crippen molar-refractivity contribution in [2.45, 2.75) is 37.6 Å². The van der Waals surface area contributed by atoms with E-state index in [4.69, 9.17) is 16.2 Å². The number of aromatic nitrogens is 4. The number of amides is 1. The lowest BCUT2D eigenvalue weighted by Crippen LogP contribution is -2.26. The molecule has 1 amide bonds. The molecule has 2 heterocycles. The second kappa shape index (κ2) is 10.6. The number of halogens is 1. The van der Waals surface area contributed by atoms with Crippen LogP contribution < -0.4 is 16.2 Å². The standard InChI is InChI=1S/C29H28FN7O2/c1-37-27(18(13-31)14-35-37)17-8-11-20(21(12-17)16-6-9-19(32)10-7-16)22-15-34-29(36-26(22)28(33)38)25-23(30)4-3-5-24(25)39-2/h3-5,8,11-12,14-16,19H,6-7,9-10,32H2,1-2H3,(H2,33,38). The molecule has 0 bridgehead atoms. The molecule has 1 saturated carbocycles. The summed E-state index contributed by atoms with van der Waals surface area (Å²) in [4.78, 5) is 21.5. The number of carbonyl (C=O) groups is 1. The van der Waals surface area contributed by atoms with Gasteiger partial charge in [-0.05, 0) is 60.9 Å². The predicted molar refractivity (Wildman–Crippen MR) is 144 cm³/mol. The summed E-state index contributed by atoms with van der Waals surface area (Å²) in [6.07, 6.45) is 6.52. The van der Waals surface area contributed by atoms with Gasteiger partial charge < -0.3 is 16.2 Å². The summed E-state index contributed by atoms with van der Waals surface area (Å²) in [6.45, 7) is 0. The highest BCUT2D eigenvalue weighted by atomic mass is 19.1. The number of hydrogen-bond acceptors (Lipinski definition) is 7. The van der Waals surface area contributed by atoms with Crippen LogP contribution in [0.1, 0.15) is 53.2 Å². The van der Waals surface area contributed by atoms with E-state index in [2.05, 4.69) is 21.1 Å². The second-order valence-corrected chi connectivity index (χ2v) is 9.69. The summed E-state index contributed by atoms with van der Waals surface area (Å²) in [5.41, 5.74) is 16.2. The van der Waals surface area contributed by atoms with Gasteiger partial charge in [0.2, 0.25) is 0 Å². The average molecular weight is 526 g/mol. The van der Waals surface area contributed by atoms with Crippen LogP contribution in [0.3, 0.4) is 0 Å². The van der Waals surface area contributed by atoms with E-state index in [1.807, 2.05) is 18.2 Å². The van der Waals surface area contributed by atoms with Gasteiger partial charge in [0.05, 0.1) is 30.1 Å². The lowest BCUT2D eigenvalue weighted by molar-refractivity contribution is 0.0996. The lowest BCUT2D eigenvalue weighted by Gasteiger charge is -2.28. The Balaban J connectivity index is 1.69. The minimum absolute atomic E-state index is 0.00198. The lowest BCUT2D eigenvalue weighted by atomic mass is 9.78. The summed E-state index contributed by atoms with van der Waals surface area (Å²) in [5.74, 6) is -0.941. The van der Waals surface area contributed by atoms with Crippen molar-refractivity contribution < 1.29 is 13.9 Å². The Morgan fingerprint density at radius 3 is 2.62 bits per heavy atom. The van der Waals surface area contributed by atoms with Crippen LogP contribution in [0.5, 0.6) is 5.75 Å². The van der Waals surface area contributed by atoms with Crippen molar-refractivity contribution in [3.05, 3.63) is 71.4 Å². The van der Waals surface area contributed by atoms with Crippen LogP contribution in [0.2, 0.25) is 0 Å². The van der Waals surface area contributed by atoms with Crippen molar-refractivity contribution in [1.82, 2.24) is 19.7 Å². The molecule has 4 aromatic rings. The van der Waals surface area contributed by atoms with Crippen LogP contribution in [0, 0.1) is 17.1 Å². The topological polar surface area (TPSA) is 146 Å². The van der Waals surface area contributed by atoms with Crippen LogP contribution in [-0.4, -0.2) is 38.8 Å². The fourth-order valence-electron chi connectivity index (χ4n) is 5.36. The molecule has 2 aromatic carbocycles. The fourth-order valence-corrected chi connectivity index (χ4v) is 5.36. The first-order valence-corrected chi connectivity index (χ1v) is 12.6. The van der Waals surface area contributed by atoms with Crippen LogP contribution in [0.25, 0.3) is 33.8 Å². The maximum atomic E-state index is 14.8. The van der Waals surface area contributed by atoms with Gasteiger partial charge in [-0.1, -0.05) is 18.2 Å². The number of primary amides is 1. The number of rotatable bonds is 6. The largest absolute Gasteiger partial charge is 0.496 e. The molecule has 10 heteroatoms. The van der Waals surface area contributed by atoms with E-state index in [0.29, 0.717) is 16.8 Å². The maximum Gasteiger partial charge on any atom is 0.268 e. The molecule has 1 aliphatic rings. The first-order valence-electron chi connectivity index (χ1n) is 12.6. The average Bonchev–Trinajstić information content (AvgIpc) is 3.33. The molecule has 0 atom stereocenters. The van der Waals surface area contributed by atoms with Crippen LogP contribution in [0.4, 0.5) is 4.39 Å². The predicted octanol–water partition coefficient (Wildman–Crippen LogP) is 4.31. The first-order chi connectivity index (χ1) is 18.8. The van der Waals surface area contributed by atoms with Crippen LogP contribution in [-0.2, 0) is 7.05 Å². The van der Waals surface area contributed by atoms with Crippen LogP contribution >= 0.6 is 0 Å². The molecule has 2 aromatic heterocycles. The third-order valence-corrected chi connectivity index (χ3v) is 7.33. The van der Waals surface area contributed by atoms with E-state index in [1.54, 1.807) is 17.8 Å². The molecule has 4 N–H and O–H groups in total. The molecule has 0 spiro atoms. The molecule has 0 unspecified atom stereocenters. The van der Waals surface area contributed by atoms with Gasteiger partial charge in [0, 0.05) is 30.4 Å². The Labute approximate surface area is 225 Å². The molecule has 5 rings (SSSR count). The molecule has 1 fully saturated rings. The normalized spacial score (nSPS) is 17.0. The van der Waals surface area contributed by atoms with Crippen molar-refractivity contribution in [3.63, 3.8) is 0 Å². The maximum absolute atomic E-state index is 14.8. The Kier molecular flexibility index (Phi) is 7.09. The van der Waals surface area contributed by atoms with Crippen molar-refractivity contribution >= 4 is 5.91 Å². The van der Waals surface area contributed by atoms with Crippen molar-refractivity contribution in [2.24, 2.45) is 18.5 Å². The van der Waals surface area contributed by atoms with Gasteiger partial charge in [0.25, 0.3) is 5.91 Å². The smallest absolute Gasteiger partial charge is 0.268 e. The van der Waals surface area contributed by atoms with Crippen molar-refractivity contribution in [2.75, 3.05) is 7.11 Å². The minimum atomic E-state index is -0.761. The van der Waals surface area contributed by atoms with E-state index < -0.39 is 11.7 Å². The van der Waals surface area contributed by atoms with Gasteiger partial charge in [-0.15, -0.1) is 0 Å². The summed E-state index contributed by atoms with van der Waals surface area (Å²) in [6, 6.07) is 12.5. The van der Waals surface area contributed by atoms with Gasteiger partial charge in [-0.2, -0.15) is 10.4 Å². The summed E-state index contributed by atoms with van der Waals surface area (Å²) >= 11 is 0. The van der Waals surface area contributed by atoms with E-state index in [-0.39, 0.29) is 34.8 Å². The Morgan fingerprint density at radius 1 is 1.15 bits per heavy atom. The minimum Gasteiger partial charge on any atom is -0.496 e. The number of hydrogen-bond donors (Lipinski definition) is 2. The Bertz CT molecular complexity index is 1600. The number of nitrogens with two attached hydrogens (primary N) is 2. The summed E-state index contributed by atoms with van der Waals surface area (Å²) < 4.78 is 21.7. The number of carbonyl (C=O) groups excluding carboxylic acids is 1. The quantitative estimate of drug-likeness (QED) is 0.381. The molecule has 9 nitrogen and oxygen atoms in total. The van der Waals surface area contributed by atoms with Crippen LogP contribution in [0.15, 0.2) is 48.8 Å². The van der Waals surface area contributed by atoms with Gasteiger partial charge in [-0.3, -0.25) is 9.48 Å². The van der Waals surface area contributed by atoms with E-state index >= 15 is 0 Å². The number of nitrogens with zero attached hydrogens (tertiary/aromatic N) is 5. The highest BCUT2D eigenvalue weighted by Crippen LogP contribution is 2.41. The van der Waals surface area contributed by atoms with Crippen molar-refractivity contribution in [1.29, 1.82) is 5.26 Å². The molecule has 1 aliphatic carbocycles. The third-order valence-electron chi connectivity index (χ3n) is 7.33. The van der Waals surface area contributed by atoms with E-state index in [9.17, 15) is 14.4 Å². The van der Waals surface area contributed by atoms with Gasteiger partial charge in [0.1, 0.15) is 23.3 Å². The Hall–Kier alpha value is -4.62. The number of aryl methyl sites for hydroxylation is 1. The number of ether oxygens (including phenoxy) is 1. The molecule has 198 valence electrons. The second-order valence-electron chi connectivity index (χ2n) is 9.69. The number of benzene rings is 2. The molecule has 0 saturated heterocycles. The number of nitriles is 1. The van der Waals surface area contributed by atoms with E-state index in [0.717, 1.165) is 42.4 Å². The van der Waals surface area contributed by atoms with Crippen molar-refractivity contribution in [3.8, 4) is 45.6 Å². The van der Waals surface area contributed by atoms with Gasteiger partial charge in [-0.25, -0.2) is 14.4 Å². The summed E-state index contributed by atoms with van der Waals surface area (Å²) in [5, 5.41) is 13.9. The van der Waals surface area contributed by atoms with Gasteiger partial charge in [0.15, 0.2) is 5.82 Å². The Morgan fingerprint density at radius 2 is 1.92 bits per heavy atom. The fraction of sp³-hybridized carbons (Fsp3) is 0.276. The zero-order valence-electron chi connectivity index (χ0n) is 21.7. The summed E-state index contributed by atoms with van der Waals surface area (Å²) in [7, 11) is 3.21. The number of methoxy groups -OCH3 is 1. The zero-order chi connectivity index (χ0) is 27.7. The molecule has 39 heavy (non-hydrogen) atoms. The molecular weight excluding hydrogens is 497 g/mol. The SMILES string of the molecule is COc1cccc(F)c1-c1ncc(-c2ccc(-c3c(C#N)cnn3C)cc2C2CCC(N)CC2)c(C(N)=O)n1. The van der Waals surface area contributed by atoms with E-state index in [1.165, 1.54) is 31.6 Å². The molecular formula is C29H28FN7O2. The first kappa shape index (κ1) is 26.0. The molecule has 0 radical (unpaired) electrons. The molecule has 0 aliphatic heterocycles. The monoisotopic (exact) mass is 525 g/mol. The zero-order valence-corrected chi connectivity index (χ0v) is 21.7. The highest BCUT2D eigenvalue weighted by molar-refractivity contribution is 5.99. The highest BCUT2D eigenvalue weighted by Gasteiger charge is 2.27.